The molecule has 154 valence electrons. The number of hydrogen-bond acceptors (Lipinski definition) is 5. The fourth-order valence-electron chi connectivity index (χ4n) is 3.32. The molecule has 3 aromatic heterocycles. The highest BCUT2D eigenvalue weighted by Crippen LogP contribution is 2.32. The Kier molecular flexibility index (Phi) is 5.84. The molecule has 5 aromatic rings. The fourth-order valence-corrected chi connectivity index (χ4v) is 5.75. The lowest BCUT2D eigenvalue weighted by Gasteiger charge is -2.13. The van der Waals surface area contributed by atoms with Gasteiger partial charge in [0.05, 0.1) is 12.1 Å². The lowest BCUT2D eigenvalue weighted by molar-refractivity contribution is 0.660. The molecule has 0 amide bonds. The van der Waals surface area contributed by atoms with Gasteiger partial charge in [0, 0.05) is 26.8 Å². The molecule has 2 aromatic carbocycles. The topological polar surface area (TPSA) is 47.8 Å². The Hall–Kier alpha value is -2.19. The van der Waals surface area contributed by atoms with E-state index in [4.69, 9.17) is 16.6 Å². The van der Waals surface area contributed by atoms with E-state index < -0.39 is 0 Å². The first kappa shape index (κ1) is 20.7. The molecule has 0 unspecified atom stereocenters. The van der Waals surface area contributed by atoms with Crippen LogP contribution in [0.4, 0.5) is 0 Å². The molecule has 0 radical (unpaired) electrons. The molecule has 0 spiro atoms. The molecule has 0 bridgehead atoms. The molecule has 0 saturated heterocycles. The van der Waals surface area contributed by atoms with Crippen LogP contribution in [0.3, 0.4) is 0 Å². The van der Waals surface area contributed by atoms with Crippen LogP contribution in [0.1, 0.15) is 11.1 Å². The van der Waals surface area contributed by atoms with Gasteiger partial charge in [0.15, 0.2) is 5.16 Å². The summed E-state index contributed by atoms with van der Waals surface area (Å²) in [5, 5.41) is 2.22. The molecule has 5 rings (SSSR count). The van der Waals surface area contributed by atoms with Crippen LogP contribution in [-0.4, -0.2) is 14.5 Å². The maximum absolute atomic E-state index is 13.5. The number of thioether (sulfide) groups is 1. The maximum atomic E-state index is 13.5. The first-order valence-electron chi connectivity index (χ1n) is 9.49. The predicted octanol–water partition coefficient (Wildman–Crippen LogP) is 6.76. The summed E-state index contributed by atoms with van der Waals surface area (Å²) in [6.07, 6.45) is 1.74. The van der Waals surface area contributed by atoms with Crippen molar-refractivity contribution in [2.75, 3.05) is 0 Å². The smallest absolute Gasteiger partial charge is 0.272 e. The van der Waals surface area contributed by atoms with Crippen LogP contribution in [-0.2, 0) is 12.3 Å². The summed E-state index contributed by atoms with van der Waals surface area (Å²) in [4.78, 5) is 23.7. The summed E-state index contributed by atoms with van der Waals surface area (Å²) in [6, 6.07) is 19.6. The molecule has 0 atom stereocenters. The summed E-state index contributed by atoms with van der Waals surface area (Å²) in [6.45, 7) is 0.367. The molecule has 0 aliphatic carbocycles. The van der Waals surface area contributed by atoms with Gasteiger partial charge in [-0.1, -0.05) is 69.6 Å². The Bertz CT molecular complexity index is 1460. The van der Waals surface area contributed by atoms with Crippen molar-refractivity contribution in [3.05, 3.63) is 97.8 Å². The summed E-state index contributed by atoms with van der Waals surface area (Å²) in [7, 11) is 0. The number of aromatic nitrogens is 3. The van der Waals surface area contributed by atoms with Crippen LogP contribution in [0, 0.1) is 0 Å². The quantitative estimate of drug-likeness (QED) is 0.187. The summed E-state index contributed by atoms with van der Waals surface area (Å²) in [5.74, 6) is 0.702. The first-order valence-corrected chi connectivity index (χ1v) is 12.5. The molecule has 0 saturated carbocycles. The highest BCUT2D eigenvalue weighted by molar-refractivity contribution is 9.10. The third-order valence-electron chi connectivity index (χ3n) is 4.89. The zero-order valence-corrected chi connectivity index (χ0v) is 20.1. The molecule has 3 heterocycles. The van der Waals surface area contributed by atoms with E-state index in [-0.39, 0.29) is 5.56 Å². The van der Waals surface area contributed by atoms with Gasteiger partial charge in [-0.15, -0.1) is 11.3 Å². The van der Waals surface area contributed by atoms with E-state index in [2.05, 4.69) is 33.0 Å². The van der Waals surface area contributed by atoms with Crippen molar-refractivity contribution < 1.29 is 0 Å². The van der Waals surface area contributed by atoms with Gasteiger partial charge in [0.2, 0.25) is 0 Å². The van der Waals surface area contributed by atoms with Gasteiger partial charge in [0.1, 0.15) is 9.53 Å². The molecule has 31 heavy (non-hydrogen) atoms. The molecule has 4 nitrogen and oxygen atoms in total. The van der Waals surface area contributed by atoms with Crippen LogP contribution in [0.15, 0.2) is 81.3 Å². The van der Waals surface area contributed by atoms with E-state index in [0.717, 1.165) is 25.8 Å². The second kappa shape index (κ2) is 8.74. The highest BCUT2D eigenvalue weighted by Gasteiger charge is 2.18. The molecule has 0 N–H and O–H groups in total. The monoisotopic (exact) mass is 527 g/mol. The number of pyridine rings is 1. The molecule has 0 aliphatic heterocycles. The highest BCUT2D eigenvalue weighted by atomic mass is 79.9. The van der Waals surface area contributed by atoms with Gasteiger partial charge in [-0.05, 0) is 41.5 Å². The van der Waals surface area contributed by atoms with Crippen molar-refractivity contribution in [1.82, 2.24) is 14.5 Å². The van der Waals surface area contributed by atoms with E-state index >= 15 is 0 Å². The average molecular weight is 529 g/mol. The molecular formula is C23H15BrClN3OS2. The van der Waals surface area contributed by atoms with E-state index in [0.29, 0.717) is 32.7 Å². The lowest BCUT2D eigenvalue weighted by Crippen LogP contribution is -2.23. The van der Waals surface area contributed by atoms with Crippen molar-refractivity contribution in [3.63, 3.8) is 0 Å². The van der Waals surface area contributed by atoms with Gasteiger partial charge in [0.25, 0.3) is 5.56 Å². The lowest BCUT2D eigenvalue weighted by atomic mass is 10.2. The van der Waals surface area contributed by atoms with Gasteiger partial charge in [-0.2, -0.15) is 0 Å². The molecule has 0 fully saturated rings. The number of benzene rings is 2. The number of nitrogens with zero attached hydrogens (tertiary/aromatic N) is 3. The van der Waals surface area contributed by atoms with Crippen molar-refractivity contribution in [3.8, 4) is 0 Å². The van der Waals surface area contributed by atoms with Gasteiger partial charge in [-0.25, -0.2) is 9.97 Å². The number of rotatable bonds is 5. The van der Waals surface area contributed by atoms with E-state index in [9.17, 15) is 4.79 Å². The Morgan fingerprint density at radius 2 is 1.87 bits per heavy atom. The SMILES string of the molecule is O=c1c2sc3ncccc3c2nc(SCc2ccc(Br)cc2)n1Cc1ccccc1Cl. The molecule has 0 aliphatic rings. The van der Waals surface area contributed by atoms with Crippen LogP contribution in [0.2, 0.25) is 5.02 Å². The van der Waals surface area contributed by atoms with Crippen molar-refractivity contribution in [1.29, 1.82) is 0 Å². The van der Waals surface area contributed by atoms with Crippen LogP contribution >= 0.6 is 50.6 Å². The Balaban J connectivity index is 1.64. The largest absolute Gasteiger partial charge is 0.282 e. The third kappa shape index (κ3) is 4.15. The first-order chi connectivity index (χ1) is 15.1. The maximum Gasteiger partial charge on any atom is 0.272 e. The van der Waals surface area contributed by atoms with Crippen molar-refractivity contribution >= 4 is 71.1 Å². The average Bonchev–Trinajstić information content (AvgIpc) is 3.16. The third-order valence-corrected chi connectivity index (χ3v) is 7.92. The zero-order chi connectivity index (χ0) is 21.4. The molecular weight excluding hydrogens is 514 g/mol. The summed E-state index contributed by atoms with van der Waals surface area (Å²) < 4.78 is 3.38. The minimum absolute atomic E-state index is 0.0637. The van der Waals surface area contributed by atoms with E-state index in [1.807, 2.05) is 48.5 Å². The fraction of sp³-hybridized carbons (Fsp3) is 0.0870. The number of hydrogen-bond donors (Lipinski definition) is 0. The standard InChI is InChI=1S/C23H15BrClN3OS2/c24-16-9-7-14(8-10-16)13-30-23-27-19-17-5-3-11-26-21(17)31-20(19)22(29)28(23)12-15-4-1-2-6-18(15)25/h1-11H,12-13H2. The van der Waals surface area contributed by atoms with E-state index in [1.165, 1.54) is 11.3 Å². The van der Waals surface area contributed by atoms with Crippen LogP contribution in [0.25, 0.3) is 20.4 Å². The Labute approximate surface area is 200 Å². The van der Waals surface area contributed by atoms with Gasteiger partial charge in [-0.3, -0.25) is 9.36 Å². The Morgan fingerprint density at radius 1 is 1.06 bits per heavy atom. The minimum Gasteiger partial charge on any atom is -0.282 e. The number of thiophene rings is 1. The summed E-state index contributed by atoms with van der Waals surface area (Å²) in [5.41, 5.74) is 2.69. The molecule has 8 heteroatoms. The Morgan fingerprint density at radius 3 is 2.68 bits per heavy atom. The van der Waals surface area contributed by atoms with Crippen LogP contribution < -0.4 is 5.56 Å². The predicted molar refractivity (Wildman–Crippen MR) is 133 cm³/mol. The number of halogens is 2. The van der Waals surface area contributed by atoms with Gasteiger partial charge < -0.3 is 0 Å². The normalized spacial score (nSPS) is 11.4. The van der Waals surface area contributed by atoms with E-state index in [1.54, 1.807) is 22.5 Å². The zero-order valence-electron chi connectivity index (χ0n) is 16.1. The van der Waals surface area contributed by atoms with Gasteiger partial charge >= 0.3 is 0 Å². The van der Waals surface area contributed by atoms with Crippen molar-refractivity contribution in [2.45, 2.75) is 17.5 Å². The summed E-state index contributed by atoms with van der Waals surface area (Å²) >= 11 is 12.8. The minimum atomic E-state index is -0.0637. The van der Waals surface area contributed by atoms with Crippen molar-refractivity contribution in [2.24, 2.45) is 0 Å². The number of fused-ring (bicyclic) bond motifs is 3. The van der Waals surface area contributed by atoms with Crippen LogP contribution in [0.5, 0.6) is 0 Å². The second-order valence-electron chi connectivity index (χ2n) is 6.93. The second-order valence-corrected chi connectivity index (χ2v) is 10.2.